The first kappa shape index (κ1) is 94.4. The lowest BCUT2D eigenvalue weighted by molar-refractivity contribution is -0.000579. The third-order valence-corrected chi connectivity index (χ3v) is 22.1. The topological polar surface area (TPSA) is 251 Å². The number of fused-ring (bicyclic) bond motifs is 6. The van der Waals surface area contributed by atoms with E-state index < -0.39 is 0 Å². The van der Waals surface area contributed by atoms with E-state index in [1.165, 1.54) is 54.2 Å². The Morgan fingerprint density at radius 3 is 1.30 bits per heavy atom. The molecule has 1 saturated carbocycles. The van der Waals surface area contributed by atoms with Gasteiger partial charge in [0.15, 0.2) is 5.78 Å². The van der Waals surface area contributed by atoms with Gasteiger partial charge < -0.3 is 35.7 Å². The standard InChI is InChI=1S/C20H23N3O2.C17H13N3.C16H26O.C15H15N3O.C15H12O.C14H12O2.C10H20O.CH4/c1-13(24)9-10-14-11-15(20(2,3)4)19(25)18(12-14)23-21-16-7-5-6-8-17(16)22-23;1-12-10-11-17(14-7-3-2-6-13(12)14)20-18-15-8-4-5-9-16(15)19-20;1-8-11-9-12(15(2,3)4)14(17)13(10-11)16(5,6)7;1-2-5-11-8-9-15(19)14(10-11)18-16-12-6-3-4-7-13(12)17-18;16-10-15-13-7-3-1-5-11(13)9-12-6-2-4-8-14(12)15;1-10-7-8-12(13(15)9-10)14(16)11-5-3-2-4-6-11;1-9(2)5-8(11)6-10(3,4)7-9;/h5-8,11-12,24-25H,1,9-10H2,2-4H3;2-11H,1H3;9-10,17H,8H2,1-7H3;3-4,6-10,19H,2,5H2,1H3;1-9,16H,10H2;2-9,15H,1H3;8,11H,5-7H2,1-4H3;1H4. The lowest BCUT2D eigenvalue weighted by Gasteiger charge is -2.43. The first-order valence-electron chi connectivity index (χ1n) is 42.8. The van der Waals surface area contributed by atoms with Gasteiger partial charge in [0.25, 0.3) is 0 Å². The van der Waals surface area contributed by atoms with Gasteiger partial charge in [0.05, 0.1) is 29.7 Å². The normalized spacial score (nSPS) is 13.0. The predicted octanol–water partition coefficient (Wildman–Crippen LogP) is 25.6. The smallest absolute Gasteiger partial charge is 0.196 e. The molecule has 650 valence electrons. The highest BCUT2D eigenvalue weighted by Crippen LogP contribution is 2.46. The molecule has 0 saturated heterocycles. The first-order valence-corrected chi connectivity index (χ1v) is 42.8. The Morgan fingerprint density at radius 2 is 0.856 bits per heavy atom. The van der Waals surface area contributed by atoms with Crippen molar-refractivity contribution < 1.29 is 40.5 Å². The SMILES string of the molecule is C.C=C(O)CCc1cc(-n2nc3ccccc3n2)c(O)c(C(C)(C)C)c1.CC1(C)CC(O)CC(C)(C)C1.CCCc1ccc(O)c(-n2nc3ccccc3n2)c1.CCc1cc(C(C)(C)C)c(O)c(C(C)(C)C)c1.Cc1ccc(-n2nc3ccccc3n2)c2ccccc12.Cc1ccc(C(=O)c2ccccc2)c(O)c1.OCc1c2ccccc2cc2ccccc12. The number of allylic oxidation sites excluding steroid dienone is 1. The van der Waals surface area contributed by atoms with Gasteiger partial charge in [-0.3, -0.25) is 4.79 Å². The Kier molecular flexibility index (Phi) is 30.7. The molecule has 3 aromatic heterocycles. The second-order valence-corrected chi connectivity index (χ2v) is 36.9. The Balaban J connectivity index is 0.000000154. The van der Waals surface area contributed by atoms with E-state index in [4.69, 9.17) is 0 Å². The summed E-state index contributed by atoms with van der Waals surface area (Å²) >= 11 is 0. The summed E-state index contributed by atoms with van der Waals surface area (Å²) in [4.78, 5) is 16.7. The van der Waals surface area contributed by atoms with Crippen LogP contribution in [0.2, 0.25) is 0 Å². The molecule has 0 spiro atoms. The molecule has 17 heteroatoms. The molecule has 0 atom stereocenters. The van der Waals surface area contributed by atoms with Crippen LogP contribution >= 0.6 is 0 Å². The highest BCUT2D eigenvalue weighted by Gasteiger charge is 2.38. The van der Waals surface area contributed by atoms with Crippen LogP contribution in [0.25, 0.3) is 82.5 Å². The van der Waals surface area contributed by atoms with Crippen LogP contribution in [0.4, 0.5) is 0 Å². The van der Waals surface area contributed by atoms with Gasteiger partial charge in [-0.25, -0.2) is 0 Å². The number of rotatable bonds is 12. The minimum atomic E-state index is -0.238. The number of phenols is 4. The van der Waals surface area contributed by atoms with Crippen LogP contribution in [0.5, 0.6) is 23.0 Å². The monoisotopic (exact) mass is 1680 g/mol. The van der Waals surface area contributed by atoms with Crippen molar-refractivity contribution >= 4 is 71.2 Å². The fraction of sp³-hybridized carbons (Fsp3) is 0.306. The summed E-state index contributed by atoms with van der Waals surface area (Å²) in [6.07, 6.45) is 7.26. The Bertz CT molecular complexity index is 6190. The number of hydrogen-bond acceptors (Lipinski definition) is 14. The number of hydrogen-bond donors (Lipinski definition) is 7. The average Bonchev–Trinajstić information content (AvgIpc) is 1.36. The molecule has 0 bridgehead atoms. The molecule has 0 amide bonds. The van der Waals surface area contributed by atoms with E-state index in [1.54, 1.807) is 47.3 Å². The number of carbonyl (C=O) groups is 1. The molecule has 125 heavy (non-hydrogen) atoms. The summed E-state index contributed by atoms with van der Waals surface area (Å²) in [5, 5.41) is 103. The number of carbonyl (C=O) groups excluding carboxylic acids is 1. The van der Waals surface area contributed by atoms with Crippen molar-refractivity contribution in [2.45, 2.75) is 205 Å². The zero-order valence-corrected chi connectivity index (χ0v) is 75.0. The molecule has 17 nitrogen and oxygen atoms in total. The number of aromatic nitrogens is 9. The molecule has 0 unspecified atom stereocenters. The number of aliphatic hydroxyl groups excluding tert-OH is 3. The van der Waals surface area contributed by atoms with Gasteiger partial charge in [0.2, 0.25) is 0 Å². The van der Waals surface area contributed by atoms with Crippen LogP contribution in [0.1, 0.15) is 209 Å². The van der Waals surface area contributed by atoms with Gasteiger partial charge in [-0.1, -0.05) is 300 Å². The molecule has 0 aliphatic heterocycles. The third-order valence-electron chi connectivity index (χ3n) is 22.1. The summed E-state index contributed by atoms with van der Waals surface area (Å²) in [5.74, 6) is 0.878. The number of aryl methyl sites for hydroxylation is 5. The molecule has 7 N–H and O–H groups in total. The van der Waals surface area contributed by atoms with Crippen molar-refractivity contribution in [1.82, 2.24) is 45.0 Å². The van der Waals surface area contributed by atoms with Crippen LogP contribution in [-0.2, 0) is 42.1 Å². The largest absolute Gasteiger partial charge is 0.513 e. The van der Waals surface area contributed by atoms with Crippen LogP contribution in [0.15, 0.2) is 267 Å². The first-order chi connectivity index (χ1) is 58.8. The molecular formula is C108H125N9O8. The number of benzene rings is 13. The van der Waals surface area contributed by atoms with Crippen LogP contribution < -0.4 is 0 Å². The van der Waals surface area contributed by atoms with Crippen molar-refractivity contribution in [3.8, 4) is 40.1 Å². The van der Waals surface area contributed by atoms with Crippen LogP contribution in [-0.4, -0.2) is 92.6 Å². The average molecular weight is 1680 g/mol. The van der Waals surface area contributed by atoms with Gasteiger partial charge in [-0.15, -0.1) is 45.0 Å². The van der Waals surface area contributed by atoms with Crippen molar-refractivity contribution in [2.75, 3.05) is 0 Å². The van der Waals surface area contributed by atoms with E-state index in [9.17, 15) is 40.5 Å². The molecule has 1 aliphatic carbocycles. The van der Waals surface area contributed by atoms with Gasteiger partial charge in [-0.05, 0) is 230 Å². The third kappa shape index (κ3) is 24.2. The predicted molar refractivity (Wildman–Crippen MR) is 514 cm³/mol. The number of aromatic hydroxyl groups is 4. The number of phenolic OH excluding ortho intramolecular Hbond substituents is 4. The maximum Gasteiger partial charge on any atom is 0.196 e. The summed E-state index contributed by atoms with van der Waals surface area (Å²) in [5.41, 5.74) is 18.2. The quantitative estimate of drug-likeness (QED) is 0.0341. The van der Waals surface area contributed by atoms with Crippen LogP contribution in [0, 0.1) is 24.7 Å². The van der Waals surface area contributed by atoms with Crippen molar-refractivity contribution in [3.05, 3.63) is 328 Å². The molecule has 1 fully saturated rings. The number of nitrogens with zero attached hydrogens (tertiary/aromatic N) is 9. The summed E-state index contributed by atoms with van der Waals surface area (Å²) < 4.78 is 0. The second kappa shape index (κ2) is 40.7. The van der Waals surface area contributed by atoms with E-state index in [2.05, 4.69) is 206 Å². The van der Waals surface area contributed by atoms with Gasteiger partial charge >= 0.3 is 0 Å². The van der Waals surface area contributed by atoms with E-state index in [1.807, 2.05) is 161 Å². The Labute approximate surface area is 737 Å². The van der Waals surface area contributed by atoms with Crippen LogP contribution in [0.3, 0.4) is 0 Å². The van der Waals surface area contributed by atoms with E-state index in [-0.39, 0.29) is 65.2 Å². The molecule has 1 aliphatic rings. The molecule has 13 aromatic carbocycles. The van der Waals surface area contributed by atoms with Gasteiger partial charge in [-0.2, -0.15) is 0 Å². The highest BCUT2D eigenvalue weighted by molar-refractivity contribution is 6.10. The summed E-state index contributed by atoms with van der Waals surface area (Å²) in [6.45, 7) is 39.9. The molecule has 17 rings (SSSR count). The van der Waals surface area contributed by atoms with Gasteiger partial charge in [0, 0.05) is 22.9 Å². The number of aliphatic hydroxyl groups is 3. The molecule has 0 radical (unpaired) electrons. The van der Waals surface area contributed by atoms with Gasteiger partial charge in [0.1, 0.15) is 67.5 Å². The minimum absolute atomic E-state index is 0. The maximum atomic E-state index is 12.0. The zero-order valence-electron chi connectivity index (χ0n) is 75.0. The fourth-order valence-corrected chi connectivity index (χ4v) is 16.2. The van der Waals surface area contributed by atoms with E-state index >= 15 is 0 Å². The molecule has 3 heterocycles. The van der Waals surface area contributed by atoms with Crippen molar-refractivity contribution in [2.24, 2.45) is 10.8 Å². The second-order valence-electron chi connectivity index (χ2n) is 36.9. The zero-order chi connectivity index (χ0) is 89.6. The lowest BCUT2D eigenvalue weighted by Crippen LogP contribution is -2.36. The number of ketones is 1. The highest BCUT2D eigenvalue weighted by atomic mass is 16.3. The Morgan fingerprint density at radius 1 is 0.440 bits per heavy atom. The van der Waals surface area contributed by atoms with Crippen molar-refractivity contribution in [3.63, 3.8) is 0 Å². The molecular weight excluding hydrogens is 1550 g/mol. The Hall–Kier alpha value is -12.8. The van der Waals surface area contributed by atoms with E-state index in [0.717, 1.165) is 115 Å². The maximum absolute atomic E-state index is 12.0. The van der Waals surface area contributed by atoms with E-state index in [0.29, 0.717) is 51.9 Å². The fourth-order valence-electron chi connectivity index (χ4n) is 16.2. The summed E-state index contributed by atoms with van der Waals surface area (Å²) in [6, 6.07) is 82.0. The minimum Gasteiger partial charge on any atom is -0.513 e. The van der Waals surface area contributed by atoms with Crippen molar-refractivity contribution in [1.29, 1.82) is 0 Å². The molecule has 16 aromatic rings. The lowest BCUT2D eigenvalue weighted by atomic mass is 9.64. The summed E-state index contributed by atoms with van der Waals surface area (Å²) in [7, 11) is 0.